The van der Waals surface area contributed by atoms with Crippen molar-refractivity contribution in [2.75, 3.05) is 13.1 Å². The van der Waals surface area contributed by atoms with Gasteiger partial charge in [-0.2, -0.15) is 0 Å². The second-order valence-electron chi connectivity index (χ2n) is 5.42. The number of rotatable bonds is 3. The van der Waals surface area contributed by atoms with Crippen LogP contribution in [0.4, 0.5) is 0 Å². The van der Waals surface area contributed by atoms with Crippen LogP contribution in [0.15, 0.2) is 24.3 Å². The molecule has 2 atom stereocenters. The van der Waals surface area contributed by atoms with Crippen LogP contribution >= 0.6 is 0 Å². The average Bonchev–Trinajstić information content (AvgIpc) is 2.28. The highest BCUT2D eigenvalue weighted by atomic mass is 16.1. The lowest BCUT2D eigenvalue weighted by atomic mass is 10.1. The molecule has 2 rings (SSSR count). The molecule has 0 saturated carbocycles. The molecule has 18 heavy (non-hydrogen) atoms. The molecule has 1 aliphatic heterocycles. The minimum Gasteiger partial charge on any atom is -0.309 e. The summed E-state index contributed by atoms with van der Waals surface area (Å²) in [5, 5.41) is 3.53. The SMILES string of the molecule is CC(=O)c1ccc(CN2C[C@@H](C)N[C@@H](C)C2)cc1. The van der Waals surface area contributed by atoms with E-state index in [9.17, 15) is 4.79 Å². The lowest BCUT2D eigenvalue weighted by molar-refractivity contribution is 0.101. The van der Waals surface area contributed by atoms with E-state index < -0.39 is 0 Å². The van der Waals surface area contributed by atoms with Crippen LogP contribution in [-0.4, -0.2) is 35.9 Å². The van der Waals surface area contributed by atoms with E-state index in [1.54, 1.807) is 6.92 Å². The van der Waals surface area contributed by atoms with Crippen molar-refractivity contribution in [2.45, 2.75) is 39.4 Å². The van der Waals surface area contributed by atoms with Gasteiger partial charge in [-0.3, -0.25) is 9.69 Å². The van der Waals surface area contributed by atoms with Crippen molar-refractivity contribution in [1.29, 1.82) is 0 Å². The first kappa shape index (κ1) is 13.2. The fourth-order valence-electron chi connectivity index (χ4n) is 2.67. The molecule has 0 amide bonds. The largest absolute Gasteiger partial charge is 0.309 e. The molecule has 3 nitrogen and oxygen atoms in total. The number of piperazine rings is 1. The Morgan fingerprint density at radius 3 is 2.28 bits per heavy atom. The van der Waals surface area contributed by atoms with Gasteiger partial charge in [0, 0.05) is 37.3 Å². The third-order valence-corrected chi connectivity index (χ3v) is 3.40. The van der Waals surface area contributed by atoms with Crippen molar-refractivity contribution < 1.29 is 4.79 Å². The summed E-state index contributed by atoms with van der Waals surface area (Å²) >= 11 is 0. The highest BCUT2D eigenvalue weighted by Gasteiger charge is 2.20. The predicted molar refractivity (Wildman–Crippen MR) is 73.8 cm³/mol. The second-order valence-corrected chi connectivity index (χ2v) is 5.42. The maximum atomic E-state index is 11.2. The summed E-state index contributed by atoms with van der Waals surface area (Å²) in [4.78, 5) is 13.7. The van der Waals surface area contributed by atoms with Crippen molar-refractivity contribution >= 4 is 5.78 Å². The molecule has 1 aromatic rings. The van der Waals surface area contributed by atoms with E-state index in [4.69, 9.17) is 0 Å². The third-order valence-electron chi connectivity index (χ3n) is 3.40. The van der Waals surface area contributed by atoms with E-state index in [1.807, 2.05) is 12.1 Å². The van der Waals surface area contributed by atoms with Crippen LogP contribution in [0.3, 0.4) is 0 Å². The molecule has 0 unspecified atom stereocenters. The Balaban J connectivity index is 1.98. The third kappa shape index (κ3) is 3.40. The zero-order valence-corrected chi connectivity index (χ0v) is 11.4. The van der Waals surface area contributed by atoms with Crippen LogP contribution < -0.4 is 5.32 Å². The van der Waals surface area contributed by atoms with Crippen LogP contribution in [0, 0.1) is 0 Å². The number of carbonyl (C=O) groups is 1. The predicted octanol–water partition coefficient (Wildman–Crippen LogP) is 2.07. The van der Waals surface area contributed by atoms with Gasteiger partial charge in [-0.05, 0) is 26.3 Å². The molecular formula is C15H22N2O. The van der Waals surface area contributed by atoms with Gasteiger partial charge in [-0.1, -0.05) is 24.3 Å². The van der Waals surface area contributed by atoms with E-state index in [1.165, 1.54) is 5.56 Å². The van der Waals surface area contributed by atoms with Gasteiger partial charge in [0.05, 0.1) is 0 Å². The minimum absolute atomic E-state index is 0.131. The molecular weight excluding hydrogens is 224 g/mol. The molecule has 0 radical (unpaired) electrons. The van der Waals surface area contributed by atoms with Crippen molar-refractivity contribution in [3.05, 3.63) is 35.4 Å². The molecule has 1 aliphatic rings. The first-order chi connectivity index (χ1) is 8.54. The zero-order chi connectivity index (χ0) is 13.1. The van der Waals surface area contributed by atoms with Gasteiger partial charge in [0.2, 0.25) is 0 Å². The molecule has 1 saturated heterocycles. The highest BCUT2D eigenvalue weighted by molar-refractivity contribution is 5.93. The maximum absolute atomic E-state index is 11.2. The molecule has 0 aliphatic carbocycles. The average molecular weight is 246 g/mol. The van der Waals surface area contributed by atoms with Crippen molar-refractivity contribution in [3.63, 3.8) is 0 Å². The fourth-order valence-corrected chi connectivity index (χ4v) is 2.67. The standard InChI is InChI=1S/C15H22N2O/c1-11-8-17(9-12(2)16-11)10-14-4-6-15(7-5-14)13(3)18/h4-7,11-12,16H,8-10H2,1-3H3/t11-,12+. The van der Waals surface area contributed by atoms with E-state index in [0.717, 1.165) is 25.2 Å². The van der Waals surface area contributed by atoms with Gasteiger partial charge in [0.1, 0.15) is 0 Å². The topological polar surface area (TPSA) is 32.3 Å². The molecule has 3 heteroatoms. The van der Waals surface area contributed by atoms with E-state index in [0.29, 0.717) is 12.1 Å². The van der Waals surface area contributed by atoms with Gasteiger partial charge in [0.15, 0.2) is 5.78 Å². The molecule has 1 aromatic carbocycles. The Morgan fingerprint density at radius 2 is 1.78 bits per heavy atom. The zero-order valence-electron chi connectivity index (χ0n) is 11.4. The minimum atomic E-state index is 0.131. The number of ketones is 1. The smallest absolute Gasteiger partial charge is 0.159 e. The molecule has 98 valence electrons. The van der Waals surface area contributed by atoms with Gasteiger partial charge < -0.3 is 5.32 Å². The summed E-state index contributed by atoms with van der Waals surface area (Å²) in [5.41, 5.74) is 2.07. The Hall–Kier alpha value is -1.19. The van der Waals surface area contributed by atoms with Gasteiger partial charge in [0.25, 0.3) is 0 Å². The quantitative estimate of drug-likeness (QED) is 0.829. The summed E-state index contributed by atoms with van der Waals surface area (Å²) in [5.74, 6) is 0.131. The first-order valence-electron chi connectivity index (χ1n) is 6.63. The number of nitrogens with zero attached hydrogens (tertiary/aromatic N) is 1. The molecule has 0 aromatic heterocycles. The highest BCUT2D eigenvalue weighted by Crippen LogP contribution is 2.11. The molecule has 1 heterocycles. The van der Waals surface area contributed by atoms with Gasteiger partial charge in [-0.15, -0.1) is 0 Å². The maximum Gasteiger partial charge on any atom is 0.159 e. The van der Waals surface area contributed by atoms with Crippen LogP contribution in [0.2, 0.25) is 0 Å². The van der Waals surface area contributed by atoms with Crippen LogP contribution in [0.25, 0.3) is 0 Å². The van der Waals surface area contributed by atoms with Crippen molar-refractivity contribution in [1.82, 2.24) is 10.2 Å². The fraction of sp³-hybridized carbons (Fsp3) is 0.533. The normalized spacial score (nSPS) is 25.1. The number of hydrogen-bond donors (Lipinski definition) is 1. The number of hydrogen-bond acceptors (Lipinski definition) is 3. The summed E-state index contributed by atoms with van der Waals surface area (Å²) in [6, 6.07) is 9.07. The molecule has 0 spiro atoms. The van der Waals surface area contributed by atoms with E-state index in [-0.39, 0.29) is 5.78 Å². The summed E-state index contributed by atoms with van der Waals surface area (Å²) < 4.78 is 0. The van der Waals surface area contributed by atoms with Gasteiger partial charge in [-0.25, -0.2) is 0 Å². The number of benzene rings is 1. The molecule has 1 fully saturated rings. The van der Waals surface area contributed by atoms with Crippen molar-refractivity contribution in [3.8, 4) is 0 Å². The summed E-state index contributed by atoms with van der Waals surface area (Å²) in [7, 11) is 0. The van der Waals surface area contributed by atoms with Crippen LogP contribution in [0.1, 0.15) is 36.7 Å². The van der Waals surface area contributed by atoms with Crippen molar-refractivity contribution in [2.24, 2.45) is 0 Å². The Kier molecular flexibility index (Phi) is 4.15. The Bertz CT molecular complexity index is 403. The van der Waals surface area contributed by atoms with Crippen LogP contribution in [-0.2, 0) is 6.54 Å². The second kappa shape index (κ2) is 5.63. The summed E-state index contributed by atoms with van der Waals surface area (Å²) in [6.07, 6.45) is 0. The lowest BCUT2D eigenvalue weighted by Gasteiger charge is -2.36. The number of carbonyl (C=O) groups excluding carboxylic acids is 1. The molecule has 0 bridgehead atoms. The number of Topliss-reactive ketones (excluding diaryl/α,β-unsaturated/α-hetero) is 1. The Morgan fingerprint density at radius 1 is 1.22 bits per heavy atom. The monoisotopic (exact) mass is 246 g/mol. The lowest BCUT2D eigenvalue weighted by Crippen LogP contribution is -2.53. The first-order valence-corrected chi connectivity index (χ1v) is 6.63. The van der Waals surface area contributed by atoms with Crippen LogP contribution in [0.5, 0.6) is 0 Å². The van der Waals surface area contributed by atoms with E-state index in [2.05, 4.69) is 36.2 Å². The van der Waals surface area contributed by atoms with Gasteiger partial charge >= 0.3 is 0 Å². The van der Waals surface area contributed by atoms with E-state index >= 15 is 0 Å². The Labute approximate surface area is 109 Å². The summed E-state index contributed by atoms with van der Waals surface area (Å²) in [6.45, 7) is 9.18. The number of nitrogens with one attached hydrogen (secondary N) is 1. The molecule has 1 N–H and O–H groups in total.